The van der Waals surface area contributed by atoms with Gasteiger partial charge in [0, 0.05) is 31.7 Å². The van der Waals surface area contributed by atoms with Crippen molar-refractivity contribution in [2.45, 2.75) is 38.8 Å². The quantitative estimate of drug-likeness (QED) is 0.711. The maximum absolute atomic E-state index is 3.61. The van der Waals surface area contributed by atoms with Gasteiger partial charge in [0.25, 0.3) is 0 Å². The summed E-state index contributed by atoms with van der Waals surface area (Å²) in [5.41, 5.74) is 0. The monoisotopic (exact) mass is 213 g/mol. The second kappa shape index (κ2) is 6.46. The van der Waals surface area contributed by atoms with Crippen LogP contribution in [0, 0.1) is 5.92 Å². The van der Waals surface area contributed by atoms with Gasteiger partial charge in [-0.1, -0.05) is 13.8 Å². The summed E-state index contributed by atoms with van der Waals surface area (Å²) in [6.07, 6.45) is 2.53. The molecule has 0 spiro atoms. The van der Waals surface area contributed by atoms with Gasteiger partial charge in [0.1, 0.15) is 0 Å². The van der Waals surface area contributed by atoms with E-state index < -0.39 is 0 Å². The van der Waals surface area contributed by atoms with Gasteiger partial charge in [-0.05, 0) is 32.9 Å². The molecule has 0 saturated carbocycles. The normalized spacial score (nSPS) is 25.8. The molecule has 90 valence electrons. The molecule has 0 radical (unpaired) electrons. The molecule has 1 fully saturated rings. The number of rotatable bonds is 5. The van der Waals surface area contributed by atoms with Crippen molar-refractivity contribution in [2.24, 2.45) is 5.92 Å². The van der Waals surface area contributed by atoms with Crippen molar-refractivity contribution >= 4 is 0 Å². The van der Waals surface area contributed by atoms with Crippen LogP contribution < -0.4 is 10.6 Å². The minimum Gasteiger partial charge on any atom is -0.317 e. The van der Waals surface area contributed by atoms with Crippen LogP contribution in [0.1, 0.15) is 26.7 Å². The molecule has 3 nitrogen and oxygen atoms in total. The van der Waals surface area contributed by atoms with Gasteiger partial charge in [0.05, 0.1) is 0 Å². The van der Waals surface area contributed by atoms with Crippen LogP contribution in [0.4, 0.5) is 0 Å². The molecule has 0 bridgehead atoms. The van der Waals surface area contributed by atoms with Crippen molar-refractivity contribution in [3.8, 4) is 0 Å². The third-order valence-electron chi connectivity index (χ3n) is 3.19. The van der Waals surface area contributed by atoms with Gasteiger partial charge >= 0.3 is 0 Å². The van der Waals surface area contributed by atoms with Crippen molar-refractivity contribution in [1.29, 1.82) is 0 Å². The van der Waals surface area contributed by atoms with Gasteiger partial charge in [-0.25, -0.2) is 0 Å². The maximum atomic E-state index is 3.61. The second-order valence-electron chi connectivity index (χ2n) is 5.26. The summed E-state index contributed by atoms with van der Waals surface area (Å²) in [5, 5.41) is 7.04. The lowest BCUT2D eigenvalue weighted by Crippen LogP contribution is -2.51. The SMILES string of the molecule is CNC(CC(C)C)CC1CN(C)CCN1. The van der Waals surface area contributed by atoms with Crippen LogP contribution in [0.3, 0.4) is 0 Å². The molecule has 1 heterocycles. The Balaban J connectivity index is 2.30. The number of nitrogens with one attached hydrogen (secondary N) is 2. The topological polar surface area (TPSA) is 27.3 Å². The van der Waals surface area contributed by atoms with E-state index in [1.165, 1.54) is 25.9 Å². The Morgan fingerprint density at radius 1 is 1.47 bits per heavy atom. The summed E-state index contributed by atoms with van der Waals surface area (Å²) in [6.45, 7) is 8.11. The van der Waals surface area contributed by atoms with Gasteiger partial charge in [-0.3, -0.25) is 0 Å². The molecular formula is C12H27N3. The minimum absolute atomic E-state index is 0.661. The van der Waals surface area contributed by atoms with Gasteiger partial charge in [0.15, 0.2) is 0 Å². The van der Waals surface area contributed by atoms with E-state index in [0.717, 1.165) is 12.5 Å². The van der Waals surface area contributed by atoms with E-state index in [9.17, 15) is 0 Å². The lowest BCUT2D eigenvalue weighted by Gasteiger charge is -2.33. The molecule has 2 unspecified atom stereocenters. The fourth-order valence-electron chi connectivity index (χ4n) is 2.39. The predicted molar refractivity (Wildman–Crippen MR) is 66.2 cm³/mol. The van der Waals surface area contributed by atoms with Gasteiger partial charge in [0.2, 0.25) is 0 Å². The second-order valence-corrected chi connectivity index (χ2v) is 5.26. The molecule has 0 amide bonds. The first-order valence-electron chi connectivity index (χ1n) is 6.21. The summed E-state index contributed by atoms with van der Waals surface area (Å²) in [6, 6.07) is 1.33. The van der Waals surface area contributed by atoms with Crippen LogP contribution in [0.5, 0.6) is 0 Å². The van der Waals surface area contributed by atoms with E-state index in [1.807, 2.05) is 0 Å². The number of hydrogen-bond donors (Lipinski definition) is 2. The molecule has 3 heteroatoms. The molecule has 0 aromatic carbocycles. The Kier molecular flexibility index (Phi) is 5.58. The molecule has 1 aliphatic rings. The Labute approximate surface area is 94.6 Å². The zero-order valence-electron chi connectivity index (χ0n) is 10.7. The Morgan fingerprint density at radius 3 is 2.73 bits per heavy atom. The van der Waals surface area contributed by atoms with E-state index in [2.05, 4.69) is 43.5 Å². The van der Waals surface area contributed by atoms with Crippen LogP contribution in [0.2, 0.25) is 0 Å². The summed E-state index contributed by atoms with van der Waals surface area (Å²) in [7, 11) is 4.30. The highest BCUT2D eigenvalue weighted by Gasteiger charge is 2.20. The zero-order chi connectivity index (χ0) is 11.3. The fraction of sp³-hybridized carbons (Fsp3) is 1.00. The first-order valence-corrected chi connectivity index (χ1v) is 6.21. The summed E-state index contributed by atoms with van der Waals surface area (Å²) in [5.74, 6) is 0.781. The van der Waals surface area contributed by atoms with Crippen molar-refractivity contribution in [2.75, 3.05) is 33.7 Å². The molecule has 15 heavy (non-hydrogen) atoms. The number of nitrogens with zero attached hydrogens (tertiary/aromatic N) is 1. The molecule has 0 aromatic heterocycles. The molecule has 1 saturated heterocycles. The van der Waals surface area contributed by atoms with Gasteiger partial charge in [-0.2, -0.15) is 0 Å². The molecule has 0 aromatic rings. The summed E-state index contributed by atoms with van der Waals surface area (Å²) >= 11 is 0. The number of piperazine rings is 1. The minimum atomic E-state index is 0.661. The molecule has 1 rings (SSSR count). The Morgan fingerprint density at radius 2 is 2.20 bits per heavy atom. The average Bonchev–Trinajstić information content (AvgIpc) is 2.16. The van der Waals surface area contributed by atoms with Crippen LogP contribution >= 0.6 is 0 Å². The third-order valence-corrected chi connectivity index (χ3v) is 3.19. The predicted octanol–water partition coefficient (Wildman–Crippen LogP) is 0.914. The lowest BCUT2D eigenvalue weighted by molar-refractivity contribution is 0.217. The first kappa shape index (κ1) is 12.9. The molecule has 0 aliphatic carbocycles. The lowest BCUT2D eigenvalue weighted by atomic mass is 9.97. The van der Waals surface area contributed by atoms with E-state index >= 15 is 0 Å². The highest BCUT2D eigenvalue weighted by molar-refractivity contribution is 4.81. The van der Waals surface area contributed by atoms with E-state index in [1.54, 1.807) is 0 Å². The van der Waals surface area contributed by atoms with Crippen molar-refractivity contribution in [3.63, 3.8) is 0 Å². The fourth-order valence-corrected chi connectivity index (χ4v) is 2.39. The van der Waals surface area contributed by atoms with Crippen molar-refractivity contribution in [3.05, 3.63) is 0 Å². The molecule has 1 aliphatic heterocycles. The maximum Gasteiger partial charge on any atom is 0.0210 e. The standard InChI is InChI=1S/C12H27N3/c1-10(2)7-11(13-3)8-12-9-15(4)6-5-14-12/h10-14H,5-9H2,1-4H3. The molecule has 2 atom stereocenters. The Bertz CT molecular complexity index is 168. The Hall–Kier alpha value is -0.120. The van der Waals surface area contributed by atoms with E-state index in [4.69, 9.17) is 0 Å². The van der Waals surface area contributed by atoms with Crippen LogP contribution in [-0.4, -0.2) is 50.7 Å². The van der Waals surface area contributed by atoms with Crippen LogP contribution in [-0.2, 0) is 0 Å². The summed E-state index contributed by atoms with van der Waals surface area (Å²) in [4.78, 5) is 2.42. The average molecular weight is 213 g/mol. The number of hydrogen-bond acceptors (Lipinski definition) is 3. The first-order chi connectivity index (χ1) is 7.11. The van der Waals surface area contributed by atoms with Crippen molar-refractivity contribution in [1.82, 2.24) is 15.5 Å². The van der Waals surface area contributed by atoms with Crippen molar-refractivity contribution < 1.29 is 0 Å². The van der Waals surface area contributed by atoms with Gasteiger partial charge in [-0.15, -0.1) is 0 Å². The molecular weight excluding hydrogens is 186 g/mol. The highest BCUT2D eigenvalue weighted by atomic mass is 15.2. The smallest absolute Gasteiger partial charge is 0.0210 e. The van der Waals surface area contributed by atoms with Crippen LogP contribution in [0.25, 0.3) is 0 Å². The third kappa shape index (κ3) is 4.96. The van der Waals surface area contributed by atoms with E-state index in [-0.39, 0.29) is 0 Å². The number of likely N-dealkylation sites (N-methyl/N-ethyl adjacent to an activating group) is 1. The highest BCUT2D eigenvalue weighted by Crippen LogP contribution is 2.11. The van der Waals surface area contributed by atoms with Gasteiger partial charge < -0.3 is 15.5 Å². The molecule has 2 N–H and O–H groups in total. The van der Waals surface area contributed by atoms with Crippen LogP contribution in [0.15, 0.2) is 0 Å². The summed E-state index contributed by atoms with van der Waals surface area (Å²) < 4.78 is 0. The van der Waals surface area contributed by atoms with E-state index in [0.29, 0.717) is 12.1 Å². The largest absolute Gasteiger partial charge is 0.317 e. The zero-order valence-corrected chi connectivity index (χ0v) is 10.7.